The van der Waals surface area contributed by atoms with Gasteiger partial charge in [-0.25, -0.2) is 0 Å². The van der Waals surface area contributed by atoms with Gasteiger partial charge in [0.25, 0.3) is 0 Å². The maximum Gasteiger partial charge on any atom is 0.0682 e. The van der Waals surface area contributed by atoms with Gasteiger partial charge in [-0.2, -0.15) is 0 Å². The van der Waals surface area contributed by atoms with E-state index in [1.54, 1.807) is 0 Å². The number of hydrogen-bond donors (Lipinski definition) is 1. The summed E-state index contributed by atoms with van der Waals surface area (Å²) in [4.78, 5) is 0. The van der Waals surface area contributed by atoms with Crippen molar-refractivity contribution >= 4 is 10.8 Å². The minimum atomic E-state index is 0.0847. The highest BCUT2D eigenvalue weighted by Gasteiger charge is 2.00. The van der Waals surface area contributed by atoms with Crippen LogP contribution < -0.4 is 0 Å². The normalized spacial score (nSPS) is 10.7. The average Bonchev–Trinajstić information content (AvgIpc) is 2.47. The van der Waals surface area contributed by atoms with E-state index in [0.29, 0.717) is 0 Å². The molecule has 3 aromatic rings. The molecule has 0 aliphatic rings. The van der Waals surface area contributed by atoms with Crippen LogP contribution in [0.2, 0.25) is 0 Å². The molecule has 0 heterocycles. The lowest BCUT2D eigenvalue weighted by Crippen LogP contribution is -1.84. The van der Waals surface area contributed by atoms with Crippen LogP contribution in [0, 0.1) is 0 Å². The third kappa shape index (κ3) is 2.01. The van der Waals surface area contributed by atoms with E-state index in [-0.39, 0.29) is 6.61 Å². The molecule has 0 radical (unpaired) electrons. The van der Waals surface area contributed by atoms with Crippen LogP contribution in [-0.2, 0) is 6.61 Å². The van der Waals surface area contributed by atoms with Gasteiger partial charge in [0.2, 0.25) is 0 Å². The first kappa shape index (κ1) is 11.0. The van der Waals surface area contributed by atoms with Crippen LogP contribution in [0.1, 0.15) is 5.56 Å². The first-order valence-corrected chi connectivity index (χ1v) is 6.06. The number of benzene rings is 3. The van der Waals surface area contributed by atoms with E-state index in [9.17, 15) is 5.11 Å². The van der Waals surface area contributed by atoms with E-state index in [0.717, 1.165) is 11.1 Å². The highest BCUT2D eigenvalue weighted by Crippen LogP contribution is 2.25. The van der Waals surface area contributed by atoms with E-state index < -0.39 is 0 Å². The number of aliphatic hydroxyl groups excluding tert-OH is 1. The number of rotatable bonds is 2. The molecule has 18 heavy (non-hydrogen) atoms. The molecule has 0 aliphatic carbocycles. The zero-order valence-electron chi connectivity index (χ0n) is 10.0. The van der Waals surface area contributed by atoms with Crippen LogP contribution in [0.4, 0.5) is 0 Å². The lowest BCUT2D eigenvalue weighted by Gasteiger charge is -2.05. The molecule has 0 atom stereocenters. The summed E-state index contributed by atoms with van der Waals surface area (Å²) in [5, 5.41) is 11.7. The molecule has 0 amide bonds. The Morgan fingerprint density at radius 2 is 1.44 bits per heavy atom. The molecule has 0 aromatic heterocycles. The zero-order valence-corrected chi connectivity index (χ0v) is 10.0. The summed E-state index contributed by atoms with van der Waals surface area (Å²) in [5.74, 6) is 0. The lowest BCUT2D eigenvalue weighted by atomic mass is 10.00. The van der Waals surface area contributed by atoms with Crippen LogP contribution in [0.15, 0.2) is 66.7 Å². The number of aliphatic hydroxyl groups is 1. The van der Waals surface area contributed by atoms with Crippen LogP contribution in [0.3, 0.4) is 0 Å². The molecule has 0 aliphatic heterocycles. The van der Waals surface area contributed by atoms with E-state index >= 15 is 0 Å². The van der Waals surface area contributed by atoms with Crippen molar-refractivity contribution in [3.05, 3.63) is 72.3 Å². The Morgan fingerprint density at radius 3 is 2.28 bits per heavy atom. The van der Waals surface area contributed by atoms with Gasteiger partial charge in [-0.15, -0.1) is 0 Å². The van der Waals surface area contributed by atoms with Gasteiger partial charge in [0.1, 0.15) is 0 Å². The molecule has 0 spiro atoms. The summed E-state index contributed by atoms with van der Waals surface area (Å²) in [6.07, 6.45) is 0. The van der Waals surface area contributed by atoms with Crippen molar-refractivity contribution in [3.8, 4) is 11.1 Å². The molecule has 1 heteroatoms. The van der Waals surface area contributed by atoms with Gasteiger partial charge in [-0.05, 0) is 39.6 Å². The molecule has 0 saturated carbocycles. The predicted molar refractivity (Wildman–Crippen MR) is 75.3 cm³/mol. The third-order valence-electron chi connectivity index (χ3n) is 3.19. The van der Waals surface area contributed by atoms with Crippen molar-refractivity contribution in [2.24, 2.45) is 0 Å². The zero-order chi connectivity index (χ0) is 12.4. The summed E-state index contributed by atoms with van der Waals surface area (Å²) >= 11 is 0. The summed E-state index contributed by atoms with van der Waals surface area (Å²) in [7, 11) is 0. The van der Waals surface area contributed by atoms with Gasteiger partial charge in [-0.1, -0.05) is 54.6 Å². The Hall–Kier alpha value is -2.12. The maximum absolute atomic E-state index is 9.18. The Bertz CT molecular complexity index is 686. The molecule has 0 bridgehead atoms. The van der Waals surface area contributed by atoms with Gasteiger partial charge in [0.05, 0.1) is 6.61 Å². The fourth-order valence-electron chi connectivity index (χ4n) is 2.22. The predicted octanol–water partition coefficient (Wildman–Crippen LogP) is 4.00. The number of hydrogen-bond acceptors (Lipinski definition) is 1. The molecule has 1 nitrogen and oxygen atoms in total. The van der Waals surface area contributed by atoms with Gasteiger partial charge >= 0.3 is 0 Å². The summed E-state index contributed by atoms with van der Waals surface area (Å²) in [6.45, 7) is 0.0847. The Labute approximate surface area is 106 Å². The highest BCUT2D eigenvalue weighted by atomic mass is 16.3. The van der Waals surface area contributed by atoms with Crippen molar-refractivity contribution in [1.82, 2.24) is 0 Å². The van der Waals surface area contributed by atoms with Crippen LogP contribution in [0.25, 0.3) is 21.9 Å². The first-order chi connectivity index (χ1) is 8.86. The maximum atomic E-state index is 9.18. The molecule has 0 fully saturated rings. The molecule has 3 aromatic carbocycles. The van der Waals surface area contributed by atoms with Crippen molar-refractivity contribution in [3.63, 3.8) is 0 Å². The van der Waals surface area contributed by atoms with E-state index in [1.807, 2.05) is 24.3 Å². The molecule has 0 saturated heterocycles. The minimum Gasteiger partial charge on any atom is -0.392 e. The molecule has 3 rings (SSSR count). The topological polar surface area (TPSA) is 20.2 Å². The molecular weight excluding hydrogens is 220 g/mol. The fourth-order valence-corrected chi connectivity index (χ4v) is 2.22. The van der Waals surface area contributed by atoms with Crippen LogP contribution in [0.5, 0.6) is 0 Å². The molecular formula is C17H14O. The van der Waals surface area contributed by atoms with Crippen LogP contribution in [-0.4, -0.2) is 5.11 Å². The second-order valence-corrected chi connectivity index (χ2v) is 4.42. The van der Waals surface area contributed by atoms with E-state index in [4.69, 9.17) is 0 Å². The fraction of sp³-hybridized carbons (Fsp3) is 0.0588. The van der Waals surface area contributed by atoms with Crippen molar-refractivity contribution in [1.29, 1.82) is 0 Å². The largest absolute Gasteiger partial charge is 0.392 e. The second-order valence-electron chi connectivity index (χ2n) is 4.42. The van der Waals surface area contributed by atoms with E-state index in [2.05, 4.69) is 42.5 Å². The van der Waals surface area contributed by atoms with Gasteiger partial charge < -0.3 is 5.11 Å². The summed E-state index contributed by atoms with van der Waals surface area (Å²) < 4.78 is 0. The SMILES string of the molecule is OCc1cccc(-c2ccc3ccccc3c2)c1. The van der Waals surface area contributed by atoms with Crippen LogP contribution >= 0.6 is 0 Å². The summed E-state index contributed by atoms with van der Waals surface area (Å²) in [5.41, 5.74) is 3.27. The highest BCUT2D eigenvalue weighted by molar-refractivity contribution is 5.87. The van der Waals surface area contributed by atoms with Crippen molar-refractivity contribution in [2.45, 2.75) is 6.61 Å². The van der Waals surface area contributed by atoms with Gasteiger partial charge in [0, 0.05) is 0 Å². The Kier molecular flexibility index (Phi) is 2.83. The minimum absolute atomic E-state index is 0.0847. The van der Waals surface area contributed by atoms with Gasteiger partial charge in [-0.3, -0.25) is 0 Å². The smallest absolute Gasteiger partial charge is 0.0682 e. The lowest BCUT2D eigenvalue weighted by molar-refractivity contribution is 0.282. The quantitative estimate of drug-likeness (QED) is 0.710. The average molecular weight is 234 g/mol. The molecule has 1 N–H and O–H groups in total. The first-order valence-electron chi connectivity index (χ1n) is 6.06. The van der Waals surface area contributed by atoms with Gasteiger partial charge in [0.15, 0.2) is 0 Å². The Balaban J connectivity index is 2.13. The second kappa shape index (κ2) is 4.63. The Morgan fingerprint density at radius 1 is 0.667 bits per heavy atom. The standard InChI is InChI=1S/C17H14O/c18-12-13-4-3-7-15(10-13)17-9-8-14-5-1-2-6-16(14)11-17/h1-11,18H,12H2. The monoisotopic (exact) mass is 234 g/mol. The third-order valence-corrected chi connectivity index (χ3v) is 3.19. The van der Waals surface area contributed by atoms with Crippen molar-refractivity contribution < 1.29 is 5.11 Å². The number of fused-ring (bicyclic) bond motifs is 1. The van der Waals surface area contributed by atoms with E-state index in [1.165, 1.54) is 16.3 Å². The molecule has 88 valence electrons. The van der Waals surface area contributed by atoms with Crippen molar-refractivity contribution in [2.75, 3.05) is 0 Å². The summed E-state index contributed by atoms with van der Waals surface area (Å²) in [6, 6.07) is 22.8. The molecule has 0 unspecified atom stereocenters.